The molecule has 9 heteroatoms. The number of hydrogen-bond donors (Lipinski definition) is 0. The van der Waals surface area contributed by atoms with Crippen molar-refractivity contribution < 1.29 is 4.79 Å². The Labute approximate surface area is 189 Å². The van der Waals surface area contributed by atoms with Gasteiger partial charge in [0.05, 0.1) is 21.0 Å². The van der Waals surface area contributed by atoms with Crippen LogP contribution in [-0.4, -0.2) is 26.1 Å². The lowest BCUT2D eigenvalue weighted by molar-refractivity contribution is 0.102. The molecule has 0 amide bonds. The largest absolute Gasteiger partial charge is 0.292 e. The Bertz CT molecular complexity index is 1290. The van der Waals surface area contributed by atoms with Gasteiger partial charge in [0.1, 0.15) is 10.6 Å². The van der Waals surface area contributed by atoms with Gasteiger partial charge in [-0.3, -0.25) is 9.59 Å². The molecule has 0 unspecified atom stereocenters. The minimum atomic E-state index is -0.125. The molecule has 0 fully saturated rings. The molecule has 0 saturated carbocycles. The van der Waals surface area contributed by atoms with E-state index in [0.717, 1.165) is 36.1 Å². The van der Waals surface area contributed by atoms with Crippen molar-refractivity contribution in [2.45, 2.75) is 30.8 Å². The first-order chi connectivity index (χ1) is 14.6. The molecule has 4 aromatic rings. The molecule has 0 saturated heterocycles. The molecular formula is C21H16ClN3O2S3. The van der Waals surface area contributed by atoms with Gasteiger partial charge in [-0.15, -0.1) is 22.7 Å². The molecule has 152 valence electrons. The smallest absolute Gasteiger partial charge is 0.269 e. The van der Waals surface area contributed by atoms with E-state index in [0.29, 0.717) is 26.3 Å². The van der Waals surface area contributed by atoms with E-state index in [9.17, 15) is 9.59 Å². The number of pyridine rings is 1. The van der Waals surface area contributed by atoms with Crippen LogP contribution in [0.25, 0.3) is 16.0 Å². The second-order valence-electron chi connectivity index (χ2n) is 6.95. The van der Waals surface area contributed by atoms with Crippen LogP contribution in [0.2, 0.25) is 5.02 Å². The number of aromatic nitrogens is 3. The summed E-state index contributed by atoms with van der Waals surface area (Å²) < 4.78 is 1.52. The third kappa shape index (κ3) is 3.62. The molecule has 1 aliphatic rings. The first-order valence-corrected chi connectivity index (χ1v) is 12.6. The number of fused-ring (bicyclic) bond motifs is 3. The van der Waals surface area contributed by atoms with Crippen LogP contribution in [0.5, 0.6) is 0 Å². The van der Waals surface area contributed by atoms with E-state index >= 15 is 0 Å². The maximum atomic E-state index is 13.6. The molecule has 5 nitrogen and oxygen atoms in total. The minimum Gasteiger partial charge on any atom is -0.292 e. The van der Waals surface area contributed by atoms with Crippen molar-refractivity contribution in [1.82, 2.24) is 14.5 Å². The first kappa shape index (κ1) is 19.9. The highest BCUT2D eigenvalue weighted by Crippen LogP contribution is 2.35. The summed E-state index contributed by atoms with van der Waals surface area (Å²) in [5.74, 6) is 0.683. The fourth-order valence-corrected chi connectivity index (χ4v) is 6.68. The average Bonchev–Trinajstić information content (AvgIpc) is 3.41. The van der Waals surface area contributed by atoms with Gasteiger partial charge in [0.15, 0.2) is 10.9 Å². The van der Waals surface area contributed by atoms with Gasteiger partial charge < -0.3 is 0 Å². The lowest BCUT2D eigenvalue weighted by atomic mass is 9.97. The molecule has 0 aliphatic heterocycles. The van der Waals surface area contributed by atoms with Gasteiger partial charge in [0.2, 0.25) is 0 Å². The van der Waals surface area contributed by atoms with Crippen molar-refractivity contribution in [2.24, 2.45) is 0 Å². The minimum absolute atomic E-state index is 0.0189. The highest BCUT2D eigenvalue weighted by atomic mass is 35.5. The number of halogens is 1. The van der Waals surface area contributed by atoms with E-state index in [4.69, 9.17) is 16.6 Å². The number of thioether (sulfide) groups is 1. The molecule has 0 radical (unpaired) electrons. The number of aryl methyl sites for hydroxylation is 2. The van der Waals surface area contributed by atoms with Gasteiger partial charge in [-0.1, -0.05) is 29.4 Å². The molecule has 0 atom stereocenters. The second kappa shape index (κ2) is 8.26. The van der Waals surface area contributed by atoms with Crippen LogP contribution in [0.15, 0.2) is 45.8 Å². The fourth-order valence-electron chi connectivity index (χ4n) is 3.62. The summed E-state index contributed by atoms with van der Waals surface area (Å²) in [6, 6.07) is 7.08. The van der Waals surface area contributed by atoms with E-state index in [-0.39, 0.29) is 17.1 Å². The molecule has 0 spiro atoms. The van der Waals surface area contributed by atoms with Gasteiger partial charge in [0.25, 0.3) is 5.56 Å². The summed E-state index contributed by atoms with van der Waals surface area (Å²) in [6.45, 7) is 0. The predicted molar refractivity (Wildman–Crippen MR) is 124 cm³/mol. The SMILES string of the molecule is O=C(CSc1nc2sc3c(c2c(=O)n1-c1ccc(Cl)cn1)CCCC3)c1cccs1. The molecule has 1 aliphatic carbocycles. The fraction of sp³-hybridized carbons (Fsp3) is 0.238. The number of hydrogen-bond acceptors (Lipinski definition) is 7. The number of carbonyl (C=O) groups is 1. The monoisotopic (exact) mass is 473 g/mol. The maximum Gasteiger partial charge on any atom is 0.269 e. The van der Waals surface area contributed by atoms with Gasteiger partial charge in [-0.05, 0) is 54.8 Å². The lowest BCUT2D eigenvalue weighted by Crippen LogP contribution is -2.23. The van der Waals surface area contributed by atoms with E-state index < -0.39 is 0 Å². The molecule has 0 bridgehead atoms. The third-order valence-electron chi connectivity index (χ3n) is 5.03. The summed E-state index contributed by atoms with van der Waals surface area (Å²) in [5, 5.41) is 3.55. The second-order valence-corrected chi connectivity index (χ2v) is 10.4. The van der Waals surface area contributed by atoms with Crippen molar-refractivity contribution in [3.63, 3.8) is 0 Å². The molecule has 0 aromatic carbocycles. The summed E-state index contributed by atoms with van der Waals surface area (Å²) in [4.78, 5) is 38.0. The predicted octanol–water partition coefficient (Wildman–Crippen LogP) is 5.41. The lowest BCUT2D eigenvalue weighted by Gasteiger charge is -2.13. The zero-order valence-electron chi connectivity index (χ0n) is 15.8. The van der Waals surface area contributed by atoms with E-state index in [1.807, 2.05) is 17.5 Å². The number of Topliss-reactive ketones (excluding diaryl/α,β-unsaturated/α-hetero) is 1. The Morgan fingerprint density at radius 2 is 2.10 bits per heavy atom. The summed E-state index contributed by atoms with van der Waals surface area (Å²) in [5.41, 5.74) is 1.01. The van der Waals surface area contributed by atoms with Crippen LogP contribution in [0.3, 0.4) is 0 Å². The quantitative estimate of drug-likeness (QED) is 0.220. The number of thiophene rings is 2. The topological polar surface area (TPSA) is 64.8 Å². The van der Waals surface area contributed by atoms with Gasteiger partial charge in [-0.2, -0.15) is 0 Å². The highest BCUT2D eigenvalue weighted by Gasteiger charge is 2.23. The summed E-state index contributed by atoms with van der Waals surface area (Å²) >= 11 is 10.3. The zero-order valence-corrected chi connectivity index (χ0v) is 19.0. The van der Waals surface area contributed by atoms with Crippen LogP contribution in [-0.2, 0) is 12.8 Å². The van der Waals surface area contributed by atoms with Crippen molar-refractivity contribution in [1.29, 1.82) is 0 Å². The van der Waals surface area contributed by atoms with Crippen molar-refractivity contribution in [3.8, 4) is 5.82 Å². The Balaban J connectivity index is 1.64. The normalized spacial score (nSPS) is 13.5. The Morgan fingerprint density at radius 3 is 2.87 bits per heavy atom. The Hall–Kier alpha value is -2.00. The number of nitrogens with zero attached hydrogens (tertiary/aromatic N) is 3. The molecule has 0 N–H and O–H groups in total. The molecule has 30 heavy (non-hydrogen) atoms. The van der Waals surface area contributed by atoms with Crippen molar-refractivity contribution in [3.05, 3.63) is 66.5 Å². The Morgan fingerprint density at radius 1 is 1.23 bits per heavy atom. The Kier molecular flexibility index (Phi) is 5.49. The zero-order chi connectivity index (χ0) is 20.7. The maximum absolute atomic E-state index is 13.6. The van der Waals surface area contributed by atoms with Gasteiger partial charge in [-0.25, -0.2) is 14.5 Å². The van der Waals surface area contributed by atoms with Crippen LogP contribution in [0.4, 0.5) is 0 Å². The number of rotatable bonds is 5. The third-order valence-corrected chi connectivity index (χ3v) is 8.29. The van der Waals surface area contributed by atoms with Crippen molar-refractivity contribution >= 4 is 62.0 Å². The van der Waals surface area contributed by atoms with E-state index in [1.165, 1.54) is 38.7 Å². The summed E-state index contributed by atoms with van der Waals surface area (Å²) in [6.07, 6.45) is 5.65. The van der Waals surface area contributed by atoms with Crippen LogP contribution < -0.4 is 5.56 Å². The number of carbonyl (C=O) groups excluding carboxylic acids is 1. The van der Waals surface area contributed by atoms with E-state index in [2.05, 4.69) is 4.98 Å². The standard InChI is InChI=1S/C21H16ClN3O2S3/c22-12-7-8-17(23-10-12)25-20(27)18-13-4-1-2-5-15(13)30-19(18)24-21(25)29-11-14(26)16-6-3-9-28-16/h3,6-10H,1-2,4-5,11H2. The molecule has 5 rings (SSSR count). The van der Waals surface area contributed by atoms with Gasteiger partial charge >= 0.3 is 0 Å². The highest BCUT2D eigenvalue weighted by molar-refractivity contribution is 7.99. The van der Waals surface area contributed by atoms with Crippen LogP contribution in [0, 0.1) is 0 Å². The molecule has 4 aromatic heterocycles. The van der Waals surface area contributed by atoms with Gasteiger partial charge in [0, 0.05) is 11.1 Å². The number of ketones is 1. The van der Waals surface area contributed by atoms with E-state index in [1.54, 1.807) is 23.5 Å². The average molecular weight is 474 g/mol. The first-order valence-electron chi connectivity index (χ1n) is 9.50. The molecular weight excluding hydrogens is 458 g/mol. The molecule has 4 heterocycles. The van der Waals surface area contributed by atoms with Crippen molar-refractivity contribution in [2.75, 3.05) is 5.75 Å². The summed E-state index contributed by atoms with van der Waals surface area (Å²) in [7, 11) is 0. The van der Waals surface area contributed by atoms with Crippen LogP contribution >= 0.6 is 46.0 Å². The van der Waals surface area contributed by atoms with Crippen LogP contribution in [0.1, 0.15) is 33.0 Å².